The summed E-state index contributed by atoms with van der Waals surface area (Å²) in [6.45, 7) is 7.20. The molecule has 122 valence electrons. The van der Waals surface area contributed by atoms with Gasteiger partial charge in [-0.2, -0.15) is 0 Å². The molecule has 3 aliphatic rings. The average molecular weight is 293 g/mol. The Morgan fingerprint density at radius 1 is 0.905 bits per heavy atom. The first kappa shape index (κ1) is 15.8. The van der Waals surface area contributed by atoms with E-state index in [0.717, 1.165) is 36.5 Å². The third kappa shape index (κ3) is 3.47. The summed E-state index contributed by atoms with van der Waals surface area (Å²) in [5.74, 6) is 2.01. The standard InChI is InChI=1S/C19H36N2/c1-3-15-11-12-17(20-4-2)19(14-15)21-13-7-9-16-8-5-6-10-18(16)21/h15-20H,3-14H2,1-2H3. The lowest BCUT2D eigenvalue weighted by Gasteiger charge is -2.52. The molecule has 0 aromatic heterocycles. The summed E-state index contributed by atoms with van der Waals surface area (Å²) in [4.78, 5) is 2.99. The van der Waals surface area contributed by atoms with Gasteiger partial charge in [-0.05, 0) is 69.9 Å². The van der Waals surface area contributed by atoms with E-state index in [-0.39, 0.29) is 0 Å². The summed E-state index contributed by atoms with van der Waals surface area (Å²) in [6.07, 6.45) is 14.6. The van der Waals surface area contributed by atoms with Crippen molar-refractivity contribution in [1.29, 1.82) is 0 Å². The quantitative estimate of drug-likeness (QED) is 0.835. The molecule has 0 bridgehead atoms. The summed E-state index contributed by atoms with van der Waals surface area (Å²) in [5.41, 5.74) is 0. The third-order valence-corrected chi connectivity index (χ3v) is 6.68. The minimum absolute atomic E-state index is 0.762. The molecule has 0 aromatic carbocycles. The molecule has 1 saturated heterocycles. The number of fused-ring (bicyclic) bond motifs is 1. The van der Waals surface area contributed by atoms with Crippen LogP contribution in [0.4, 0.5) is 0 Å². The zero-order valence-electron chi connectivity index (χ0n) is 14.3. The van der Waals surface area contributed by atoms with E-state index in [1.165, 1.54) is 70.8 Å². The van der Waals surface area contributed by atoms with Crippen LogP contribution in [-0.4, -0.2) is 36.1 Å². The van der Waals surface area contributed by atoms with Gasteiger partial charge in [-0.3, -0.25) is 4.90 Å². The lowest BCUT2D eigenvalue weighted by atomic mass is 9.74. The van der Waals surface area contributed by atoms with Crippen molar-refractivity contribution >= 4 is 0 Å². The van der Waals surface area contributed by atoms with E-state index < -0.39 is 0 Å². The number of piperidine rings is 1. The molecule has 2 saturated carbocycles. The lowest BCUT2D eigenvalue weighted by molar-refractivity contribution is -0.00877. The Labute approximate surface area is 132 Å². The molecule has 3 rings (SSSR count). The summed E-state index contributed by atoms with van der Waals surface area (Å²) < 4.78 is 0. The monoisotopic (exact) mass is 292 g/mol. The lowest BCUT2D eigenvalue weighted by Crippen LogP contribution is -2.59. The Hall–Kier alpha value is -0.0800. The van der Waals surface area contributed by atoms with Crippen molar-refractivity contribution in [2.45, 2.75) is 96.2 Å². The summed E-state index contributed by atoms with van der Waals surface area (Å²) in [6, 6.07) is 2.52. The van der Waals surface area contributed by atoms with Crippen molar-refractivity contribution in [1.82, 2.24) is 10.2 Å². The van der Waals surface area contributed by atoms with Crippen LogP contribution in [0.15, 0.2) is 0 Å². The van der Waals surface area contributed by atoms with E-state index in [9.17, 15) is 0 Å². The van der Waals surface area contributed by atoms with Gasteiger partial charge in [0.15, 0.2) is 0 Å². The predicted molar refractivity (Wildman–Crippen MR) is 90.6 cm³/mol. The first-order valence-corrected chi connectivity index (χ1v) is 9.82. The number of nitrogens with one attached hydrogen (secondary N) is 1. The highest BCUT2D eigenvalue weighted by Gasteiger charge is 2.41. The van der Waals surface area contributed by atoms with E-state index in [1.807, 2.05) is 0 Å². The van der Waals surface area contributed by atoms with Gasteiger partial charge in [-0.15, -0.1) is 0 Å². The van der Waals surface area contributed by atoms with Gasteiger partial charge in [0.25, 0.3) is 0 Å². The highest BCUT2D eigenvalue weighted by molar-refractivity contribution is 4.97. The molecule has 1 aliphatic heterocycles. The zero-order chi connectivity index (χ0) is 14.7. The number of hydrogen-bond acceptors (Lipinski definition) is 2. The predicted octanol–water partition coefficient (Wildman–Crippen LogP) is 4.20. The fourth-order valence-electron chi connectivity index (χ4n) is 5.54. The number of hydrogen-bond donors (Lipinski definition) is 1. The van der Waals surface area contributed by atoms with Crippen LogP contribution in [0.2, 0.25) is 0 Å². The van der Waals surface area contributed by atoms with Crippen LogP contribution in [0.25, 0.3) is 0 Å². The molecule has 1 N–H and O–H groups in total. The maximum Gasteiger partial charge on any atom is 0.0255 e. The fourth-order valence-corrected chi connectivity index (χ4v) is 5.54. The Balaban J connectivity index is 1.73. The number of likely N-dealkylation sites (tertiary alicyclic amines) is 1. The van der Waals surface area contributed by atoms with E-state index in [2.05, 4.69) is 24.1 Å². The van der Waals surface area contributed by atoms with Gasteiger partial charge in [-0.1, -0.05) is 33.1 Å². The normalized spacial score (nSPS) is 41.7. The number of rotatable bonds is 4. The smallest absolute Gasteiger partial charge is 0.0255 e. The number of likely N-dealkylation sites (N-methyl/N-ethyl adjacent to an activating group) is 1. The molecule has 21 heavy (non-hydrogen) atoms. The van der Waals surface area contributed by atoms with Crippen LogP contribution < -0.4 is 5.32 Å². The fraction of sp³-hybridized carbons (Fsp3) is 1.00. The van der Waals surface area contributed by atoms with Crippen LogP contribution in [-0.2, 0) is 0 Å². The molecule has 0 amide bonds. The highest BCUT2D eigenvalue weighted by atomic mass is 15.2. The molecule has 2 nitrogen and oxygen atoms in total. The van der Waals surface area contributed by atoms with Crippen LogP contribution >= 0.6 is 0 Å². The minimum Gasteiger partial charge on any atom is -0.313 e. The molecule has 2 heteroatoms. The second-order valence-electron chi connectivity index (χ2n) is 7.81. The van der Waals surface area contributed by atoms with E-state index >= 15 is 0 Å². The maximum absolute atomic E-state index is 3.83. The van der Waals surface area contributed by atoms with Crippen LogP contribution in [0.1, 0.15) is 78.1 Å². The van der Waals surface area contributed by atoms with E-state index in [1.54, 1.807) is 0 Å². The molecule has 0 spiro atoms. The van der Waals surface area contributed by atoms with Gasteiger partial charge in [-0.25, -0.2) is 0 Å². The van der Waals surface area contributed by atoms with Crippen molar-refractivity contribution in [2.24, 2.45) is 11.8 Å². The first-order valence-electron chi connectivity index (χ1n) is 9.82. The topological polar surface area (TPSA) is 15.3 Å². The second kappa shape index (κ2) is 7.46. The minimum atomic E-state index is 0.762. The van der Waals surface area contributed by atoms with Crippen molar-refractivity contribution in [3.63, 3.8) is 0 Å². The van der Waals surface area contributed by atoms with E-state index in [0.29, 0.717) is 0 Å². The zero-order valence-corrected chi connectivity index (χ0v) is 14.3. The summed E-state index contributed by atoms with van der Waals surface area (Å²) in [7, 11) is 0. The Kier molecular flexibility index (Phi) is 5.61. The average Bonchev–Trinajstić information content (AvgIpc) is 2.55. The molecule has 3 fully saturated rings. The molecule has 5 unspecified atom stereocenters. The molecule has 1 heterocycles. The Morgan fingerprint density at radius 3 is 2.52 bits per heavy atom. The van der Waals surface area contributed by atoms with Crippen LogP contribution in [0.3, 0.4) is 0 Å². The molecule has 0 aromatic rings. The van der Waals surface area contributed by atoms with Gasteiger partial charge >= 0.3 is 0 Å². The summed E-state index contributed by atoms with van der Waals surface area (Å²) >= 11 is 0. The second-order valence-corrected chi connectivity index (χ2v) is 7.81. The van der Waals surface area contributed by atoms with Gasteiger partial charge in [0.05, 0.1) is 0 Å². The van der Waals surface area contributed by atoms with Crippen molar-refractivity contribution < 1.29 is 0 Å². The van der Waals surface area contributed by atoms with Gasteiger partial charge in [0.2, 0.25) is 0 Å². The van der Waals surface area contributed by atoms with Crippen molar-refractivity contribution in [3.8, 4) is 0 Å². The molecule has 5 atom stereocenters. The van der Waals surface area contributed by atoms with Crippen LogP contribution in [0.5, 0.6) is 0 Å². The van der Waals surface area contributed by atoms with Gasteiger partial charge in [0.1, 0.15) is 0 Å². The van der Waals surface area contributed by atoms with E-state index in [4.69, 9.17) is 0 Å². The first-order chi connectivity index (χ1) is 10.3. The highest BCUT2D eigenvalue weighted by Crippen LogP contribution is 2.40. The largest absolute Gasteiger partial charge is 0.313 e. The number of nitrogens with zero attached hydrogens (tertiary/aromatic N) is 1. The molecule has 0 radical (unpaired) electrons. The van der Waals surface area contributed by atoms with Gasteiger partial charge < -0.3 is 5.32 Å². The van der Waals surface area contributed by atoms with Gasteiger partial charge in [0, 0.05) is 18.1 Å². The molecular formula is C19H36N2. The molecule has 2 aliphatic carbocycles. The Morgan fingerprint density at radius 2 is 1.71 bits per heavy atom. The molecular weight excluding hydrogens is 256 g/mol. The summed E-state index contributed by atoms with van der Waals surface area (Å²) in [5, 5.41) is 3.83. The van der Waals surface area contributed by atoms with Crippen molar-refractivity contribution in [3.05, 3.63) is 0 Å². The maximum atomic E-state index is 3.83. The SMILES string of the molecule is CCNC1CCC(CC)CC1N1CCCC2CCCCC21. The van der Waals surface area contributed by atoms with Crippen molar-refractivity contribution in [2.75, 3.05) is 13.1 Å². The van der Waals surface area contributed by atoms with Crippen LogP contribution in [0, 0.1) is 11.8 Å². The third-order valence-electron chi connectivity index (χ3n) is 6.68. The Bertz CT molecular complexity index is 315.